The number of benzene rings is 2. The maximum Gasteiger partial charge on any atom is 0.251 e. The number of tetrazole rings is 1. The van der Waals surface area contributed by atoms with Crippen molar-refractivity contribution in [3.63, 3.8) is 0 Å². The second-order valence-electron chi connectivity index (χ2n) is 8.09. The molecule has 6 heteroatoms. The summed E-state index contributed by atoms with van der Waals surface area (Å²) in [6.07, 6.45) is 4.79. The molecule has 1 N–H and O–H groups in total. The van der Waals surface area contributed by atoms with Crippen molar-refractivity contribution >= 4 is 5.91 Å². The van der Waals surface area contributed by atoms with Gasteiger partial charge >= 0.3 is 0 Å². The third-order valence-electron chi connectivity index (χ3n) is 4.97. The molecular weight excluding hydrogens is 362 g/mol. The van der Waals surface area contributed by atoms with Gasteiger partial charge in [0.25, 0.3) is 5.91 Å². The van der Waals surface area contributed by atoms with E-state index in [0.717, 1.165) is 29.7 Å². The van der Waals surface area contributed by atoms with E-state index < -0.39 is 0 Å². The number of rotatable bonds is 8. The number of nitrogens with zero attached hydrogens (tertiary/aromatic N) is 4. The van der Waals surface area contributed by atoms with E-state index in [1.807, 2.05) is 18.2 Å². The van der Waals surface area contributed by atoms with Crippen molar-refractivity contribution in [1.82, 2.24) is 25.5 Å². The van der Waals surface area contributed by atoms with E-state index in [9.17, 15) is 4.79 Å². The third kappa shape index (κ3) is 5.73. The molecule has 0 fully saturated rings. The van der Waals surface area contributed by atoms with Gasteiger partial charge in [0.1, 0.15) is 6.33 Å². The number of hydrogen-bond acceptors (Lipinski definition) is 4. The topological polar surface area (TPSA) is 72.7 Å². The van der Waals surface area contributed by atoms with E-state index >= 15 is 0 Å². The molecule has 0 saturated heterocycles. The van der Waals surface area contributed by atoms with Gasteiger partial charge in [0.05, 0.1) is 5.69 Å². The highest BCUT2D eigenvalue weighted by Crippen LogP contribution is 2.24. The fourth-order valence-corrected chi connectivity index (χ4v) is 3.28. The molecule has 0 aliphatic carbocycles. The zero-order valence-corrected chi connectivity index (χ0v) is 17.6. The van der Waals surface area contributed by atoms with Crippen LogP contribution < -0.4 is 5.32 Å². The lowest BCUT2D eigenvalue weighted by molar-refractivity contribution is 0.0937. The largest absolute Gasteiger partial charge is 0.350 e. The summed E-state index contributed by atoms with van der Waals surface area (Å²) in [5.74, 6) is 0.605. The second-order valence-corrected chi connectivity index (χ2v) is 8.09. The Kier molecular flexibility index (Phi) is 6.75. The predicted octanol–water partition coefficient (Wildman–Crippen LogP) is 4.58. The van der Waals surface area contributed by atoms with Gasteiger partial charge in [-0.1, -0.05) is 56.5 Å². The van der Waals surface area contributed by atoms with Gasteiger partial charge in [0.2, 0.25) is 0 Å². The van der Waals surface area contributed by atoms with Crippen LogP contribution in [0.4, 0.5) is 0 Å². The molecule has 1 atom stereocenters. The highest BCUT2D eigenvalue weighted by molar-refractivity contribution is 5.96. The number of hydrogen-bond donors (Lipinski definition) is 1. The zero-order chi connectivity index (χ0) is 20.8. The molecule has 6 nitrogen and oxygen atoms in total. The van der Waals surface area contributed by atoms with Crippen LogP contribution >= 0.6 is 0 Å². The fourth-order valence-electron chi connectivity index (χ4n) is 3.28. The molecule has 3 aromatic rings. The minimum Gasteiger partial charge on any atom is -0.350 e. The SMILES string of the molecule is Cc1ccc(-c2cc(C(=O)NC(C)CCCC(C)C)cc(-n3cnnn3)c2)cc1. The second kappa shape index (κ2) is 9.45. The lowest BCUT2D eigenvalue weighted by Gasteiger charge is -2.16. The first-order valence-corrected chi connectivity index (χ1v) is 10.2. The van der Waals surface area contributed by atoms with Crippen LogP contribution in [0, 0.1) is 12.8 Å². The maximum atomic E-state index is 12.9. The number of carbonyl (C=O) groups is 1. The van der Waals surface area contributed by atoms with Crippen molar-refractivity contribution < 1.29 is 4.79 Å². The number of aryl methyl sites for hydroxylation is 1. The minimum absolute atomic E-state index is 0.0784. The number of carbonyl (C=O) groups excluding carboxylic acids is 1. The summed E-state index contributed by atoms with van der Waals surface area (Å²) >= 11 is 0. The smallest absolute Gasteiger partial charge is 0.251 e. The summed E-state index contributed by atoms with van der Waals surface area (Å²) in [5, 5.41) is 14.5. The summed E-state index contributed by atoms with van der Waals surface area (Å²) in [4.78, 5) is 12.9. The molecule has 0 aliphatic heterocycles. The Labute approximate surface area is 172 Å². The van der Waals surface area contributed by atoms with E-state index in [0.29, 0.717) is 11.5 Å². The van der Waals surface area contributed by atoms with Gasteiger partial charge < -0.3 is 5.32 Å². The van der Waals surface area contributed by atoms with Crippen LogP contribution in [0.15, 0.2) is 48.8 Å². The molecule has 0 spiro atoms. The molecule has 0 saturated carbocycles. The van der Waals surface area contributed by atoms with E-state index in [1.165, 1.54) is 18.3 Å². The number of aromatic nitrogens is 4. The monoisotopic (exact) mass is 391 g/mol. The molecule has 1 heterocycles. The molecule has 1 amide bonds. The number of nitrogens with one attached hydrogen (secondary N) is 1. The first-order valence-electron chi connectivity index (χ1n) is 10.2. The lowest BCUT2D eigenvalue weighted by Crippen LogP contribution is -2.32. The Morgan fingerprint density at radius 3 is 2.45 bits per heavy atom. The predicted molar refractivity (Wildman–Crippen MR) is 115 cm³/mol. The van der Waals surface area contributed by atoms with Gasteiger partial charge in [-0.05, 0) is 65.9 Å². The van der Waals surface area contributed by atoms with Gasteiger partial charge in [-0.2, -0.15) is 0 Å². The maximum absolute atomic E-state index is 12.9. The van der Waals surface area contributed by atoms with Crippen molar-refractivity contribution in [2.75, 3.05) is 0 Å². The van der Waals surface area contributed by atoms with Crippen molar-refractivity contribution in [1.29, 1.82) is 0 Å². The molecule has 1 unspecified atom stereocenters. The van der Waals surface area contributed by atoms with Crippen molar-refractivity contribution in [3.05, 3.63) is 59.9 Å². The Bertz CT molecular complexity index is 932. The zero-order valence-electron chi connectivity index (χ0n) is 17.6. The summed E-state index contributed by atoms with van der Waals surface area (Å²) < 4.78 is 1.57. The van der Waals surface area contributed by atoms with Crippen LogP contribution in [0.3, 0.4) is 0 Å². The Morgan fingerprint density at radius 1 is 1.03 bits per heavy atom. The van der Waals surface area contributed by atoms with Gasteiger partial charge in [-0.15, -0.1) is 5.10 Å². The minimum atomic E-state index is -0.0784. The third-order valence-corrected chi connectivity index (χ3v) is 4.97. The van der Waals surface area contributed by atoms with Gasteiger partial charge in [0.15, 0.2) is 0 Å². The van der Waals surface area contributed by atoms with Crippen LogP contribution in [0.1, 0.15) is 56.0 Å². The average molecular weight is 392 g/mol. The van der Waals surface area contributed by atoms with Crippen molar-refractivity contribution in [3.8, 4) is 16.8 Å². The summed E-state index contributed by atoms with van der Waals surface area (Å²) in [7, 11) is 0. The van der Waals surface area contributed by atoms with Crippen molar-refractivity contribution in [2.45, 2.75) is 53.0 Å². The van der Waals surface area contributed by atoms with E-state index in [-0.39, 0.29) is 11.9 Å². The van der Waals surface area contributed by atoms with Crippen molar-refractivity contribution in [2.24, 2.45) is 5.92 Å². The highest BCUT2D eigenvalue weighted by Gasteiger charge is 2.14. The number of amides is 1. The van der Waals surface area contributed by atoms with Gasteiger partial charge in [-0.3, -0.25) is 4.79 Å². The normalized spacial score (nSPS) is 12.2. The molecule has 29 heavy (non-hydrogen) atoms. The standard InChI is InChI=1S/C23H29N5O/c1-16(2)6-5-7-18(4)25-23(29)21-12-20(19-10-8-17(3)9-11-19)13-22(14-21)28-15-24-26-27-28/h8-16,18H,5-7H2,1-4H3,(H,25,29). The quantitative estimate of drug-likeness (QED) is 0.610. The molecule has 2 aromatic carbocycles. The van der Waals surface area contributed by atoms with Crippen LogP contribution in [0.5, 0.6) is 0 Å². The Morgan fingerprint density at radius 2 is 1.79 bits per heavy atom. The molecular formula is C23H29N5O. The molecule has 152 valence electrons. The molecule has 1 aromatic heterocycles. The molecule has 3 rings (SSSR count). The first-order chi connectivity index (χ1) is 13.9. The van der Waals surface area contributed by atoms with E-state index in [1.54, 1.807) is 4.68 Å². The lowest BCUT2D eigenvalue weighted by atomic mass is 10.00. The van der Waals surface area contributed by atoms with Crippen LogP contribution in [0.25, 0.3) is 16.8 Å². The Hall–Kier alpha value is -3.02. The van der Waals surface area contributed by atoms with Crippen LogP contribution in [-0.2, 0) is 0 Å². The van der Waals surface area contributed by atoms with E-state index in [2.05, 4.69) is 72.8 Å². The van der Waals surface area contributed by atoms with Gasteiger partial charge in [0, 0.05) is 11.6 Å². The Balaban J connectivity index is 1.85. The highest BCUT2D eigenvalue weighted by atomic mass is 16.1. The van der Waals surface area contributed by atoms with Crippen LogP contribution in [-0.4, -0.2) is 32.2 Å². The first kappa shape index (κ1) is 20.7. The average Bonchev–Trinajstić information content (AvgIpc) is 3.23. The molecule has 0 bridgehead atoms. The summed E-state index contributed by atoms with van der Waals surface area (Å²) in [5.41, 5.74) is 4.55. The van der Waals surface area contributed by atoms with E-state index in [4.69, 9.17) is 0 Å². The van der Waals surface area contributed by atoms with Crippen LogP contribution in [0.2, 0.25) is 0 Å². The summed E-state index contributed by atoms with van der Waals surface area (Å²) in [6, 6.07) is 14.1. The fraction of sp³-hybridized carbons (Fsp3) is 0.391. The molecule has 0 aliphatic rings. The summed E-state index contributed by atoms with van der Waals surface area (Å²) in [6.45, 7) is 8.56. The van der Waals surface area contributed by atoms with Gasteiger partial charge in [-0.25, -0.2) is 4.68 Å². The molecule has 0 radical (unpaired) electrons.